The lowest BCUT2D eigenvalue weighted by molar-refractivity contribution is 0.415. The average molecular weight is 310 g/mol. The second-order valence-corrected chi connectivity index (χ2v) is 5.79. The lowest BCUT2D eigenvalue weighted by Gasteiger charge is -2.21. The molecule has 0 fully saturated rings. The van der Waals surface area contributed by atoms with Gasteiger partial charge in [-0.1, -0.05) is 47.5 Å². The van der Waals surface area contributed by atoms with Gasteiger partial charge >= 0.3 is 0 Å². The maximum atomic E-state index is 6.01. The second kappa shape index (κ2) is 6.41. The predicted molar refractivity (Wildman–Crippen MR) is 93.9 cm³/mol. The Hall–Kier alpha value is -1.99. The molecule has 0 saturated carbocycles. The minimum Gasteiger partial charge on any atom is -0.497 e. The van der Waals surface area contributed by atoms with Crippen molar-refractivity contribution in [3.8, 4) is 5.75 Å². The molecule has 22 heavy (non-hydrogen) atoms. The van der Waals surface area contributed by atoms with Gasteiger partial charge < -0.3 is 4.74 Å². The van der Waals surface area contributed by atoms with Crippen molar-refractivity contribution in [2.24, 2.45) is 0 Å². The van der Waals surface area contributed by atoms with E-state index in [9.17, 15) is 0 Å². The molecular weight excluding hydrogens is 292 g/mol. The van der Waals surface area contributed by atoms with Crippen molar-refractivity contribution in [2.45, 2.75) is 13.3 Å². The number of rotatable bonds is 3. The Bertz CT molecular complexity index is 721. The Kier molecular flexibility index (Phi) is 4.35. The van der Waals surface area contributed by atoms with E-state index < -0.39 is 0 Å². The summed E-state index contributed by atoms with van der Waals surface area (Å²) in [5.74, 6) is 0.874. The van der Waals surface area contributed by atoms with Crippen LogP contribution in [-0.4, -0.2) is 7.11 Å². The van der Waals surface area contributed by atoms with Gasteiger partial charge in [0.05, 0.1) is 7.11 Å². The van der Waals surface area contributed by atoms with Crippen molar-refractivity contribution < 1.29 is 4.74 Å². The van der Waals surface area contributed by atoms with Gasteiger partial charge in [0.2, 0.25) is 0 Å². The molecule has 2 aromatic carbocycles. The maximum Gasteiger partial charge on any atom is 0.118 e. The van der Waals surface area contributed by atoms with Crippen molar-refractivity contribution >= 4 is 22.7 Å². The topological polar surface area (TPSA) is 9.23 Å². The Balaban J connectivity index is 2.05. The summed E-state index contributed by atoms with van der Waals surface area (Å²) in [7, 11) is 1.69. The van der Waals surface area contributed by atoms with Crippen molar-refractivity contribution in [2.75, 3.05) is 7.11 Å². The van der Waals surface area contributed by atoms with Gasteiger partial charge in [0.25, 0.3) is 0 Å². The summed E-state index contributed by atoms with van der Waals surface area (Å²) >= 11 is 6.01. The number of hydrogen-bond donors (Lipinski definition) is 0. The van der Waals surface area contributed by atoms with Crippen LogP contribution >= 0.6 is 11.6 Å². The Morgan fingerprint density at radius 2 is 1.55 bits per heavy atom. The molecule has 0 unspecified atom stereocenters. The highest BCUT2D eigenvalue weighted by atomic mass is 35.5. The molecule has 0 heterocycles. The van der Waals surface area contributed by atoms with Gasteiger partial charge in [-0.15, -0.1) is 0 Å². The predicted octanol–water partition coefficient (Wildman–Crippen LogP) is 5.81. The summed E-state index contributed by atoms with van der Waals surface area (Å²) in [6.45, 7) is 2.17. The Morgan fingerprint density at radius 3 is 2.18 bits per heavy atom. The lowest BCUT2D eigenvalue weighted by atomic mass is 9.83. The van der Waals surface area contributed by atoms with Crippen molar-refractivity contribution in [1.82, 2.24) is 0 Å². The SMILES string of the molecule is COc1ccc(C2=C(C)[CH]CC=C2c2ccc(Cl)cc2)cc1. The highest BCUT2D eigenvalue weighted by Crippen LogP contribution is 2.39. The minimum atomic E-state index is 0.762. The fourth-order valence-electron chi connectivity index (χ4n) is 2.80. The fraction of sp³-hybridized carbons (Fsp3) is 0.150. The number of methoxy groups -OCH3 is 1. The molecule has 0 aliphatic heterocycles. The molecule has 1 radical (unpaired) electrons. The molecule has 0 aromatic heterocycles. The number of ether oxygens (including phenoxy) is 1. The van der Waals surface area contributed by atoms with E-state index in [1.807, 2.05) is 24.3 Å². The van der Waals surface area contributed by atoms with Crippen LogP contribution in [-0.2, 0) is 0 Å². The standard InChI is InChI=1S/C20H18ClO/c1-14-4-3-5-19(15-6-10-17(21)11-7-15)20(14)16-8-12-18(22-2)13-9-16/h4-13H,3H2,1-2H3. The van der Waals surface area contributed by atoms with Crippen LogP contribution in [0.25, 0.3) is 11.1 Å². The molecule has 0 bridgehead atoms. The molecule has 111 valence electrons. The third kappa shape index (κ3) is 2.95. The quantitative estimate of drug-likeness (QED) is 0.694. The molecule has 0 N–H and O–H groups in total. The second-order valence-electron chi connectivity index (χ2n) is 5.35. The van der Waals surface area contributed by atoms with Crippen molar-refractivity contribution in [3.63, 3.8) is 0 Å². The van der Waals surface area contributed by atoms with E-state index >= 15 is 0 Å². The van der Waals surface area contributed by atoms with E-state index in [0.29, 0.717) is 0 Å². The van der Waals surface area contributed by atoms with Gasteiger partial charge in [0, 0.05) is 5.02 Å². The molecule has 0 saturated heterocycles. The van der Waals surface area contributed by atoms with E-state index in [0.717, 1.165) is 17.2 Å². The maximum absolute atomic E-state index is 6.01. The summed E-state index contributed by atoms with van der Waals surface area (Å²) in [6, 6.07) is 16.3. The molecule has 2 aromatic rings. The zero-order valence-corrected chi connectivity index (χ0v) is 13.5. The first-order chi connectivity index (χ1) is 10.7. The van der Waals surface area contributed by atoms with Gasteiger partial charge in [-0.2, -0.15) is 0 Å². The van der Waals surface area contributed by atoms with E-state index in [1.54, 1.807) is 7.11 Å². The normalized spacial score (nSPS) is 14.8. The van der Waals surface area contributed by atoms with Crippen LogP contribution in [0.3, 0.4) is 0 Å². The molecular formula is C20H18ClO. The van der Waals surface area contributed by atoms with E-state index in [1.165, 1.54) is 27.8 Å². The third-order valence-corrected chi connectivity index (χ3v) is 4.20. The van der Waals surface area contributed by atoms with E-state index in [2.05, 4.69) is 43.7 Å². The number of hydrogen-bond acceptors (Lipinski definition) is 1. The van der Waals surface area contributed by atoms with Gasteiger partial charge in [-0.05, 0) is 66.3 Å². The highest BCUT2D eigenvalue weighted by molar-refractivity contribution is 6.30. The summed E-state index contributed by atoms with van der Waals surface area (Å²) < 4.78 is 5.25. The highest BCUT2D eigenvalue weighted by Gasteiger charge is 2.17. The van der Waals surface area contributed by atoms with Crippen LogP contribution in [0.2, 0.25) is 5.02 Å². The van der Waals surface area contributed by atoms with Crippen LogP contribution in [0.5, 0.6) is 5.75 Å². The Labute approximate surface area is 136 Å². The number of benzene rings is 2. The third-order valence-electron chi connectivity index (χ3n) is 3.94. The van der Waals surface area contributed by atoms with Crippen LogP contribution in [0.4, 0.5) is 0 Å². The fourth-order valence-corrected chi connectivity index (χ4v) is 2.93. The minimum absolute atomic E-state index is 0.762. The molecule has 2 heteroatoms. The first-order valence-corrected chi connectivity index (χ1v) is 7.72. The van der Waals surface area contributed by atoms with Gasteiger partial charge in [0.15, 0.2) is 0 Å². The van der Waals surface area contributed by atoms with E-state index in [4.69, 9.17) is 16.3 Å². The molecule has 0 atom stereocenters. The number of allylic oxidation sites excluding steroid dienone is 4. The summed E-state index contributed by atoms with van der Waals surface area (Å²) in [4.78, 5) is 0. The largest absolute Gasteiger partial charge is 0.497 e. The molecule has 1 nitrogen and oxygen atoms in total. The van der Waals surface area contributed by atoms with Crippen LogP contribution in [0, 0.1) is 6.42 Å². The lowest BCUT2D eigenvalue weighted by Crippen LogP contribution is -2.00. The van der Waals surface area contributed by atoms with Gasteiger partial charge in [-0.25, -0.2) is 0 Å². The van der Waals surface area contributed by atoms with Gasteiger partial charge in [-0.3, -0.25) is 0 Å². The Morgan fingerprint density at radius 1 is 0.909 bits per heavy atom. The molecule has 3 rings (SSSR count). The van der Waals surface area contributed by atoms with Crippen molar-refractivity contribution in [1.29, 1.82) is 0 Å². The summed E-state index contributed by atoms with van der Waals surface area (Å²) in [5.41, 5.74) is 6.24. The molecule has 0 spiro atoms. The zero-order valence-electron chi connectivity index (χ0n) is 12.8. The number of halogens is 1. The monoisotopic (exact) mass is 309 g/mol. The zero-order chi connectivity index (χ0) is 15.5. The smallest absolute Gasteiger partial charge is 0.118 e. The average Bonchev–Trinajstić information content (AvgIpc) is 2.55. The molecule has 0 amide bonds. The molecule has 1 aliphatic rings. The first-order valence-electron chi connectivity index (χ1n) is 7.34. The van der Waals surface area contributed by atoms with Gasteiger partial charge in [0.1, 0.15) is 5.75 Å². The van der Waals surface area contributed by atoms with E-state index in [-0.39, 0.29) is 0 Å². The summed E-state index contributed by atoms with van der Waals surface area (Å²) in [6.07, 6.45) is 5.50. The summed E-state index contributed by atoms with van der Waals surface area (Å²) in [5, 5.41) is 0.762. The molecule has 1 aliphatic carbocycles. The van der Waals surface area contributed by atoms with Crippen LogP contribution in [0.1, 0.15) is 24.5 Å². The van der Waals surface area contributed by atoms with Crippen LogP contribution < -0.4 is 4.74 Å². The van der Waals surface area contributed by atoms with Crippen molar-refractivity contribution in [3.05, 3.63) is 82.8 Å². The first kappa shape index (κ1) is 14.9. The van der Waals surface area contributed by atoms with Crippen LogP contribution in [0.15, 0.2) is 60.2 Å².